The van der Waals surface area contributed by atoms with Crippen molar-refractivity contribution in [2.75, 3.05) is 13.7 Å². The number of sulfonamides is 1. The number of hydrogen-bond acceptors (Lipinski definition) is 5. The van der Waals surface area contributed by atoms with Crippen LogP contribution in [0.1, 0.15) is 18.9 Å². The number of carbonyl (C=O) groups excluding carboxylic acids is 2. The first-order valence-corrected chi connectivity index (χ1v) is 7.73. The molecule has 8 heteroatoms. The lowest BCUT2D eigenvalue weighted by Gasteiger charge is -2.07. The van der Waals surface area contributed by atoms with Crippen molar-refractivity contribution in [2.24, 2.45) is 0 Å². The molecule has 0 aliphatic carbocycles. The lowest BCUT2D eigenvalue weighted by atomic mass is 10.2. The van der Waals surface area contributed by atoms with Gasteiger partial charge in [-0.25, -0.2) is 13.1 Å². The number of benzene rings is 1. The fourth-order valence-corrected chi connectivity index (χ4v) is 2.52. The Morgan fingerprint density at radius 3 is 2.33 bits per heavy atom. The van der Waals surface area contributed by atoms with Gasteiger partial charge in [0.05, 0.1) is 18.4 Å². The summed E-state index contributed by atoms with van der Waals surface area (Å²) in [6.07, 6.45) is -0.0314. The van der Waals surface area contributed by atoms with Gasteiger partial charge < -0.3 is 10.1 Å². The van der Waals surface area contributed by atoms with Crippen LogP contribution in [-0.4, -0.2) is 33.9 Å². The molecule has 1 aromatic carbocycles. The number of ether oxygens (including phenoxy) is 1. The Labute approximate surface area is 123 Å². The van der Waals surface area contributed by atoms with Gasteiger partial charge in [-0.05, 0) is 17.7 Å². The fraction of sp³-hybridized carbons (Fsp3) is 0.385. The molecular formula is C13H18N2O5S. The van der Waals surface area contributed by atoms with E-state index in [2.05, 4.69) is 14.8 Å². The largest absolute Gasteiger partial charge is 0.469 e. The summed E-state index contributed by atoms with van der Waals surface area (Å²) in [5.41, 5.74) is 0.790. The summed E-state index contributed by atoms with van der Waals surface area (Å²) < 4.78 is 30.6. The van der Waals surface area contributed by atoms with E-state index in [1.165, 1.54) is 26.2 Å². The summed E-state index contributed by atoms with van der Waals surface area (Å²) in [5, 5.41) is 2.62. The first-order valence-electron chi connectivity index (χ1n) is 6.25. The summed E-state index contributed by atoms with van der Waals surface area (Å²) >= 11 is 0. The number of amides is 1. The molecular weight excluding hydrogens is 296 g/mol. The Bertz CT molecular complexity index is 595. The van der Waals surface area contributed by atoms with Gasteiger partial charge in [0.15, 0.2) is 0 Å². The molecule has 0 bridgehead atoms. The van der Waals surface area contributed by atoms with Crippen LogP contribution in [0, 0.1) is 0 Å². The molecule has 0 fully saturated rings. The quantitative estimate of drug-likeness (QED) is 0.698. The molecule has 0 heterocycles. The van der Waals surface area contributed by atoms with Crippen molar-refractivity contribution in [3.8, 4) is 0 Å². The summed E-state index contributed by atoms with van der Waals surface area (Å²) in [4.78, 5) is 21.8. The zero-order chi connectivity index (χ0) is 15.9. The Morgan fingerprint density at radius 1 is 1.19 bits per heavy atom. The molecule has 0 aliphatic heterocycles. The van der Waals surface area contributed by atoms with Crippen LogP contribution in [-0.2, 0) is 30.9 Å². The first kappa shape index (κ1) is 17.1. The lowest BCUT2D eigenvalue weighted by Crippen LogP contribution is -2.26. The van der Waals surface area contributed by atoms with E-state index in [1.54, 1.807) is 12.1 Å². The van der Waals surface area contributed by atoms with Gasteiger partial charge in [-0.2, -0.15) is 0 Å². The van der Waals surface area contributed by atoms with E-state index < -0.39 is 16.0 Å². The van der Waals surface area contributed by atoms with E-state index in [4.69, 9.17) is 0 Å². The highest BCUT2D eigenvalue weighted by molar-refractivity contribution is 7.89. The SMILES string of the molecule is COC(=O)CCNS(=O)(=O)c1ccc(CNC(C)=O)cc1. The van der Waals surface area contributed by atoms with E-state index >= 15 is 0 Å². The van der Waals surface area contributed by atoms with Crippen LogP contribution in [0.2, 0.25) is 0 Å². The van der Waals surface area contributed by atoms with Crippen molar-refractivity contribution < 1.29 is 22.7 Å². The smallest absolute Gasteiger partial charge is 0.306 e. The Morgan fingerprint density at radius 2 is 1.81 bits per heavy atom. The van der Waals surface area contributed by atoms with Crippen LogP contribution in [0.25, 0.3) is 0 Å². The van der Waals surface area contributed by atoms with Crippen LogP contribution in [0.15, 0.2) is 29.2 Å². The second-order valence-electron chi connectivity index (χ2n) is 4.28. The number of methoxy groups -OCH3 is 1. The monoisotopic (exact) mass is 314 g/mol. The minimum absolute atomic E-state index is 0.0251. The van der Waals surface area contributed by atoms with Crippen molar-refractivity contribution in [2.45, 2.75) is 24.8 Å². The predicted molar refractivity (Wildman–Crippen MR) is 75.8 cm³/mol. The third-order valence-electron chi connectivity index (χ3n) is 2.62. The number of nitrogens with one attached hydrogen (secondary N) is 2. The fourth-order valence-electron chi connectivity index (χ4n) is 1.49. The summed E-state index contributed by atoms with van der Waals surface area (Å²) in [6, 6.07) is 6.12. The minimum atomic E-state index is -3.66. The van der Waals surface area contributed by atoms with E-state index in [9.17, 15) is 18.0 Å². The highest BCUT2D eigenvalue weighted by atomic mass is 32.2. The van der Waals surface area contributed by atoms with Gasteiger partial charge in [0, 0.05) is 20.0 Å². The summed E-state index contributed by atoms with van der Waals surface area (Å²) in [7, 11) is -2.42. The molecule has 2 N–H and O–H groups in total. The van der Waals surface area contributed by atoms with Crippen molar-refractivity contribution in [3.63, 3.8) is 0 Å². The molecule has 0 aliphatic rings. The zero-order valence-electron chi connectivity index (χ0n) is 11.9. The van der Waals surface area contributed by atoms with E-state index in [-0.39, 0.29) is 23.8 Å². The molecule has 7 nitrogen and oxygen atoms in total. The third-order valence-corrected chi connectivity index (χ3v) is 4.10. The lowest BCUT2D eigenvalue weighted by molar-refractivity contribution is -0.140. The number of hydrogen-bond donors (Lipinski definition) is 2. The minimum Gasteiger partial charge on any atom is -0.469 e. The van der Waals surface area contributed by atoms with Gasteiger partial charge in [0.1, 0.15) is 0 Å². The molecule has 1 aromatic rings. The van der Waals surface area contributed by atoms with Gasteiger partial charge in [0.25, 0.3) is 0 Å². The van der Waals surface area contributed by atoms with E-state index in [1.807, 2.05) is 0 Å². The Hall–Kier alpha value is -1.93. The van der Waals surface area contributed by atoms with Gasteiger partial charge in [0.2, 0.25) is 15.9 Å². The molecule has 21 heavy (non-hydrogen) atoms. The average molecular weight is 314 g/mol. The molecule has 0 unspecified atom stereocenters. The first-order chi connectivity index (χ1) is 9.85. The molecule has 116 valence electrons. The number of carbonyl (C=O) groups is 2. The van der Waals surface area contributed by atoms with Crippen molar-refractivity contribution >= 4 is 21.9 Å². The van der Waals surface area contributed by atoms with Crippen LogP contribution >= 0.6 is 0 Å². The molecule has 0 saturated carbocycles. The number of rotatable bonds is 7. The Balaban J connectivity index is 2.62. The third kappa shape index (κ3) is 5.92. The highest BCUT2D eigenvalue weighted by Gasteiger charge is 2.14. The Kier molecular flexibility index (Phi) is 6.32. The standard InChI is InChI=1S/C13H18N2O5S/c1-10(16)14-9-11-3-5-12(6-4-11)21(18,19)15-8-7-13(17)20-2/h3-6,15H,7-9H2,1-2H3,(H,14,16). The van der Waals surface area contributed by atoms with Crippen LogP contribution in [0.5, 0.6) is 0 Å². The van der Waals surface area contributed by atoms with E-state index in [0.717, 1.165) is 5.56 Å². The molecule has 0 aromatic heterocycles. The van der Waals surface area contributed by atoms with Gasteiger partial charge in [-0.1, -0.05) is 12.1 Å². The van der Waals surface area contributed by atoms with Crippen molar-refractivity contribution in [1.82, 2.24) is 10.0 Å². The molecule has 0 saturated heterocycles. The molecule has 1 rings (SSSR count). The normalized spacial score (nSPS) is 11.0. The van der Waals surface area contributed by atoms with Gasteiger partial charge in [-0.15, -0.1) is 0 Å². The van der Waals surface area contributed by atoms with Gasteiger partial charge >= 0.3 is 5.97 Å². The van der Waals surface area contributed by atoms with E-state index in [0.29, 0.717) is 6.54 Å². The summed E-state index contributed by atoms with van der Waals surface area (Å²) in [6.45, 7) is 1.72. The van der Waals surface area contributed by atoms with Gasteiger partial charge in [-0.3, -0.25) is 9.59 Å². The number of esters is 1. The molecule has 0 atom stereocenters. The summed E-state index contributed by atoms with van der Waals surface area (Å²) in [5.74, 6) is -0.639. The maximum absolute atomic E-state index is 11.9. The van der Waals surface area contributed by atoms with Crippen LogP contribution < -0.4 is 10.0 Å². The molecule has 0 radical (unpaired) electrons. The average Bonchev–Trinajstić information content (AvgIpc) is 2.45. The van der Waals surface area contributed by atoms with Crippen LogP contribution in [0.4, 0.5) is 0 Å². The van der Waals surface area contributed by atoms with Crippen molar-refractivity contribution in [3.05, 3.63) is 29.8 Å². The predicted octanol–water partition coefficient (Wildman–Crippen LogP) is 0.164. The zero-order valence-corrected chi connectivity index (χ0v) is 12.7. The van der Waals surface area contributed by atoms with Crippen LogP contribution in [0.3, 0.4) is 0 Å². The second-order valence-corrected chi connectivity index (χ2v) is 6.04. The topological polar surface area (TPSA) is 102 Å². The molecule has 1 amide bonds. The highest BCUT2D eigenvalue weighted by Crippen LogP contribution is 2.10. The second kappa shape index (κ2) is 7.75. The molecule has 0 spiro atoms. The van der Waals surface area contributed by atoms with Crippen molar-refractivity contribution in [1.29, 1.82) is 0 Å². The maximum atomic E-state index is 11.9. The maximum Gasteiger partial charge on any atom is 0.306 e.